The molecule has 1 aromatic heterocycles. The zero-order valence-corrected chi connectivity index (χ0v) is 17.6. The highest BCUT2D eigenvalue weighted by molar-refractivity contribution is 5.92. The lowest BCUT2D eigenvalue weighted by Crippen LogP contribution is -2.20. The predicted octanol–water partition coefficient (Wildman–Crippen LogP) is 4.59. The summed E-state index contributed by atoms with van der Waals surface area (Å²) in [5, 5.41) is 13.5. The molecule has 0 aliphatic carbocycles. The van der Waals surface area contributed by atoms with Crippen LogP contribution in [0.3, 0.4) is 0 Å². The molecule has 0 saturated carbocycles. The lowest BCUT2D eigenvalue weighted by atomic mass is 9.91. The maximum absolute atomic E-state index is 15.1. The van der Waals surface area contributed by atoms with Crippen molar-refractivity contribution in [3.8, 4) is 17.2 Å². The monoisotopic (exact) mass is 440 g/mol. The molecule has 32 heavy (non-hydrogen) atoms. The summed E-state index contributed by atoms with van der Waals surface area (Å²) in [6.45, 7) is 5.50. The van der Waals surface area contributed by atoms with Crippen LogP contribution in [0.25, 0.3) is 16.7 Å². The van der Waals surface area contributed by atoms with Gasteiger partial charge in [-0.3, -0.25) is 4.68 Å². The summed E-state index contributed by atoms with van der Waals surface area (Å²) in [6.07, 6.45) is 5.68. The van der Waals surface area contributed by atoms with Gasteiger partial charge in [0.2, 0.25) is 5.95 Å². The highest BCUT2D eigenvalue weighted by Crippen LogP contribution is 2.38. The van der Waals surface area contributed by atoms with E-state index >= 15 is 4.39 Å². The number of aromatic nitrogens is 2. The van der Waals surface area contributed by atoms with Crippen molar-refractivity contribution in [3.63, 3.8) is 0 Å². The zero-order chi connectivity index (χ0) is 23.6. The van der Waals surface area contributed by atoms with Crippen molar-refractivity contribution in [3.05, 3.63) is 83.4 Å². The first-order valence-corrected chi connectivity index (χ1v) is 9.50. The SMILES string of the molecule is C=C1C=C(C(=O)OC)C=CN1/C(C#N)=C(\CC)c1c(-c2cn(C)nc2F)ccc(F)c1F. The molecule has 1 aliphatic rings. The number of nitriles is 1. The molecule has 6 nitrogen and oxygen atoms in total. The molecule has 0 unspecified atom stereocenters. The normalized spacial score (nSPS) is 14.1. The Morgan fingerprint density at radius 1 is 1.28 bits per heavy atom. The molecule has 2 aromatic rings. The molecule has 164 valence electrons. The van der Waals surface area contributed by atoms with Crippen molar-refractivity contribution in [1.29, 1.82) is 5.26 Å². The van der Waals surface area contributed by atoms with Gasteiger partial charge in [0, 0.05) is 30.7 Å². The lowest BCUT2D eigenvalue weighted by molar-refractivity contribution is -0.135. The average Bonchev–Trinajstić information content (AvgIpc) is 3.11. The molecular weight excluding hydrogens is 421 g/mol. The van der Waals surface area contributed by atoms with Crippen LogP contribution in [0.5, 0.6) is 0 Å². The summed E-state index contributed by atoms with van der Waals surface area (Å²) >= 11 is 0. The number of carbonyl (C=O) groups is 1. The van der Waals surface area contributed by atoms with E-state index in [1.165, 1.54) is 54.4 Å². The van der Waals surface area contributed by atoms with Gasteiger partial charge in [-0.25, -0.2) is 13.6 Å². The van der Waals surface area contributed by atoms with Crippen LogP contribution in [0.4, 0.5) is 13.2 Å². The van der Waals surface area contributed by atoms with Gasteiger partial charge in [0.25, 0.3) is 0 Å². The van der Waals surface area contributed by atoms with E-state index in [4.69, 9.17) is 0 Å². The lowest BCUT2D eigenvalue weighted by Gasteiger charge is -2.26. The Morgan fingerprint density at radius 3 is 2.53 bits per heavy atom. The third-order valence-electron chi connectivity index (χ3n) is 4.91. The van der Waals surface area contributed by atoms with Gasteiger partial charge in [-0.2, -0.15) is 9.65 Å². The maximum atomic E-state index is 15.1. The van der Waals surface area contributed by atoms with Gasteiger partial charge in [-0.1, -0.05) is 19.6 Å². The second kappa shape index (κ2) is 8.98. The second-order valence-corrected chi connectivity index (χ2v) is 6.85. The van der Waals surface area contributed by atoms with Crippen LogP contribution >= 0.6 is 0 Å². The third kappa shape index (κ3) is 3.95. The summed E-state index contributed by atoms with van der Waals surface area (Å²) in [7, 11) is 2.73. The number of carbonyl (C=O) groups excluding carboxylic acids is 1. The fraction of sp³-hybridized carbons (Fsp3) is 0.174. The number of hydrogen-bond donors (Lipinski definition) is 0. The summed E-state index contributed by atoms with van der Waals surface area (Å²) < 4.78 is 49.6. The van der Waals surface area contributed by atoms with Gasteiger partial charge >= 0.3 is 5.97 Å². The Hall–Kier alpha value is -4.06. The summed E-state index contributed by atoms with van der Waals surface area (Å²) in [6, 6.07) is 4.14. The fourth-order valence-corrected chi connectivity index (χ4v) is 3.45. The Kier molecular flexibility index (Phi) is 6.35. The Bertz CT molecular complexity index is 1250. The number of esters is 1. The summed E-state index contributed by atoms with van der Waals surface area (Å²) in [5.74, 6) is -3.81. The van der Waals surface area contributed by atoms with Crippen molar-refractivity contribution in [1.82, 2.24) is 14.7 Å². The van der Waals surface area contributed by atoms with Crippen LogP contribution in [0, 0.1) is 28.9 Å². The fourth-order valence-electron chi connectivity index (χ4n) is 3.45. The first-order valence-electron chi connectivity index (χ1n) is 9.50. The summed E-state index contributed by atoms with van der Waals surface area (Å²) in [5.41, 5.74) is 0.287. The first kappa shape index (κ1) is 22.6. The Labute approximate surface area is 182 Å². The standard InChI is InChI=1S/C23H19F3N4O2/c1-5-15(19(11-27)30-9-8-14(10-13(30)2)23(31)32-4)20-16(6-7-18(24)21(20)25)17-12-29(3)28-22(17)26/h6-10,12H,2,5H2,1,3-4H3/b19-15+. The minimum absolute atomic E-state index is 0.0366. The zero-order valence-electron chi connectivity index (χ0n) is 17.6. The first-order chi connectivity index (χ1) is 15.2. The molecule has 0 saturated heterocycles. The molecule has 0 atom stereocenters. The van der Waals surface area contributed by atoms with E-state index in [9.17, 15) is 18.8 Å². The van der Waals surface area contributed by atoms with Crippen LogP contribution in [0.15, 0.2) is 60.2 Å². The number of hydrogen-bond acceptors (Lipinski definition) is 5. The largest absolute Gasteiger partial charge is 0.465 e. The van der Waals surface area contributed by atoms with Crippen LogP contribution < -0.4 is 0 Å². The minimum atomic E-state index is -1.22. The summed E-state index contributed by atoms with van der Waals surface area (Å²) in [4.78, 5) is 13.1. The van der Waals surface area contributed by atoms with Crippen molar-refractivity contribution in [2.24, 2.45) is 7.05 Å². The number of methoxy groups -OCH3 is 1. The molecule has 0 spiro atoms. The quantitative estimate of drug-likeness (QED) is 0.502. The van der Waals surface area contributed by atoms with Crippen molar-refractivity contribution in [2.75, 3.05) is 7.11 Å². The Morgan fingerprint density at radius 2 is 2.00 bits per heavy atom. The minimum Gasteiger partial charge on any atom is -0.465 e. The van der Waals surface area contributed by atoms with Gasteiger partial charge in [0.15, 0.2) is 11.6 Å². The van der Waals surface area contributed by atoms with Crippen LogP contribution in [-0.4, -0.2) is 27.8 Å². The third-order valence-corrected chi connectivity index (χ3v) is 4.91. The van der Waals surface area contributed by atoms with Crippen molar-refractivity contribution >= 4 is 11.5 Å². The van der Waals surface area contributed by atoms with E-state index in [-0.39, 0.29) is 45.7 Å². The van der Waals surface area contributed by atoms with E-state index in [0.29, 0.717) is 0 Å². The van der Waals surface area contributed by atoms with Gasteiger partial charge < -0.3 is 9.64 Å². The molecule has 1 aliphatic heterocycles. The van der Waals surface area contributed by atoms with E-state index in [1.54, 1.807) is 6.92 Å². The molecule has 0 radical (unpaired) electrons. The number of aryl methyl sites for hydroxylation is 1. The Balaban J connectivity index is 2.24. The number of rotatable bonds is 5. The van der Waals surface area contributed by atoms with Gasteiger partial charge in [-0.15, -0.1) is 5.10 Å². The number of benzene rings is 1. The number of nitrogens with zero attached hydrogens (tertiary/aromatic N) is 4. The average molecular weight is 440 g/mol. The smallest absolute Gasteiger partial charge is 0.337 e. The molecule has 3 rings (SSSR count). The molecule has 9 heteroatoms. The second-order valence-electron chi connectivity index (χ2n) is 6.85. The molecule has 0 amide bonds. The molecule has 2 heterocycles. The van der Waals surface area contributed by atoms with Crippen LogP contribution in [0.2, 0.25) is 0 Å². The van der Waals surface area contributed by atoms with Gasteiger partial charge in [-0.05, 0) is 35.8 Å². The van der Waals surface area contributed by atoms with Gasteiger partial charge in [0.05, 0.1) is 18.2 Å². The molecule has 0 fully saturated rings. The molecular formula is C23H19F3N4O2. The van der Waals surface area contributed by atoms with Crippen LogP contribution in [0.1, 0.15) is 18.9 Å². The predicted molar refractivity (Wildman–Crippen MR) is 112 cm³/mol. The molecule has 1 aromatic carbocycles. The number of halogens is 3. The van der Waals surface area contributed by atoms with Crippen molar-refractivity contribution < 1.29 is 22.7 Å². The van der Waals surface area contributed by atoms with Crippen LogP contribution in [-0.2, 0) is 16.6 Å². The number of allylic oxidation sites excluding steroid dienone is 3. The van der Waals surface area contributed by atoms with E-state index < -0.39 is 23.6 Å². The van der Waals surface area contributed by atoms with E-state index in [2.05, 4.69) is 16.4 Å². The topological polar surface area (TPSA) is 71.2 Å². The molecule has 0 N–H and O–H groups in total. The highest BCUT2D eigenvalue weighted by atomic mass is 19.2. The van der Waals surface area contributed by atoms with E-state index in [0.717, 1.165) is 6.07 Å². The van der Waals surface area contributed by atoms with Gasteiger partial charge in [0.1, 0.15) is 11.8 Å². The molecule has 0 bridgehead atoms. The maximum Gasteiger partial charge on any atom is 0.337 e. The van der Waals surface area contributed by atoms with Crippen molar-refractivity contribution in [2.45, 2.75) is 13.3 Å². The number of ether oxygens (including phenoxy) is 1. The van der Waals surface area contributed by atoms with E-state index in [1.807, 2.05) is 6.07 Å². The highest BCUT2D eigenvalue weighted by Gasteiger charge is 2.26.